The van der Waals surface area contributed by atoms with Crippen molar-refractivity contribution in [2.24, 2.45) is 0 Å². The van der Waals surface area contributed by atoms with Crippen molar-refractivity contribution in [1.82, 2.24) is 10.6 Å². The number of urea groups is 1. The second-order valence-corrected chi connectivity index (χ2v) is 6.87. The van der Waals surface area contributed by atoms with Crippen LogP contribution >= 0.6 is 0 Å². The lowest BCUT2D eigenvalue weighted by Gasteiger charge is -2.19. The predicted octanol–water partition coefficient (Wildman–Crippen LogP) is 2.87. The molecule has 29 heavy (non-hydrogen) atoms. The number of ether oxygens (including phenoxy) is 1. The van der Waals surface area contributed by atoms with Gasteiger partial charge in [-0.1, -0.05) is 12.1 Å². The molecule has 3 rings (SSSR count). The summed E-state index contributed by atoms with van der Waals surface area (Å²) >= 11 is 0. The highest BCUT2D eigenvalue weighted by molar-refractivity contribution is 5.89. The first-order valence-electron chi connectivity index (χ1n) is 9.38. The van der Waals surface area contributed by atoms with Gasteiger partial charge in [0.2, 0.25) is 0 Å². The Morgan fingerprint density at radius 1 is 1.17 bits per heavy atom. The number of nitrogens with one attached hydrogen (secondary N) is 2. The molecule has 2 aromatic carbocycles. The fourth-order valence-electron chi connectivity index (χ4n) is 3.32. The molecule has 1 atom stereocenters. The van der Waals surface area contributed by atoms with E-state index in [1.54, 1.807) is 17.0 Å². The monoisotopic (exact) mass is 403 g/mol. The number of methoxy groups -OCH3 is 1. The zero-order chi connectivity index (χ0) is 20.8. The zero-order valence-corrected chi connectivity index (χ0v) is 16.1. The SMILES string of the molecule is COC(=O)c1ccc(CCNC(=O)NC2CCN(c3ccc(F)cc3F)C2)cc1. The van der Waals surface area contributed by atoms with Crippen molar-refractivity contribution in [2.45, 2.75) is 18.9 Å². The van der Waals surface area contributed by atoms with E-state index in [1.807, 2.05) is 12.1 Å². The van der Waals surface area contributed by atoms with Crippen LogP contribution in [0.3, 0.4) is 0 Å². The Bertz CT molecular complexity index is 874. The summed E-state index contributed by atoms with van der Waals surface area (Å²) in [6.45, 7) is 1.48. The molecule has 2 amide bonds. The predicted molar refractivity (Wildman–Crippen MR) is 105 cm³/mol. The minimum absolute atomic E-state index is 0.112. The number of benzene rings is 2. The van der Waals surface area contributed by atoms with Crippen LogP contribution < -0.4 is 15.5 Å². The van der Waals surface area contributed by atoms with Crippen LogP contribution in [0.25, 0.3) is 0 Å². The highest BCUT2D eigenvalue weighted by atomic mass is 19.1. The van der Waals surface area contributed by atoms with Crippen molar-refractivity contribution in [2.75, 3.05) is 31.6 Å². The maximum atomic E-state index is 13.9. The Morgan fingerprint density at radius 2 is 1.93 bits per heavy atom. The molecule has 1 heterocycles. The maximum absolute atomic E-state index is 13.9. The van der Waals surface area contributed by atoms with Gasteiger partial charge < -0.3 is 20.3 Å². The van der Waals surface area contributed by atoms with Gasteiger partial charge in [0.25, 0.3) is 0 Å². The number of anilines is 1. The molecule has 2 aromatic rings. The van der Waals surface area contributed by atoms with Gasteiger partial charge in [0.1, 0.15) is 11.6 Å². The molecule has 1 aliphatic rings. The number of hydrogen-bond donors (Lipinski definition) is 2. The van der Waals surface area contributed by atoms with E-state index in [1.165, 1.54) is 19.2 Å². The Labute approximate surface area is 167 Å². The summed E-state index contributed by atoms with van der Waals surface area (Å²) < 4.78 is 31.6. The first-order valence-corrected chi connectivity index (χ1v) is 9.38. The van der Waals surface area contributed by atoms with Crippen molar-refractivity contribution in [1.29, 1.82) is 0 Å². The fraction of sp³-hybridized carbons (Fsp3) is 0.333. The molecule has 0 aliphatic carbocycles. The smallest absolute Gasteiger partial charge is 0.337 e. The Hall–Kier alpha value is -3.16. The second-order valence-electron chi connectivity index (χ2n) is 6.87. The van der Waals surface area contributed by atoms with Crippen LogP contribution in [-0.2, 0) is 11.2 Å². The molecule has 6 nitrogen and oxygen atoms in total. The number of amides is 2. The van der Waals surface area contributed by atoms with Crippen molar-refractivity contribution < 1.29 is 23.1 Å². The normalized spacial score (nSPS) is 15.8. The fourth-order valence-corrected chi connectivity index (χ4v) is 3.32. The van der Waals surface area contributed by atoms with Gasteiger partial charge in [0.05, 0.1) is 18.4 Å². The largest absolute Gasteiger partial charge is 0.465 e. The minimum atomic E-state index is -0.612. The molecule has 1 saturated heterocycles. The topological polar surface area (TPSA) is 70.7 Å². The molecule has 0 spiro atoms. The summed E-state index contributed by atoms with van der Waals surface area (Å²) in [7, 11) is 1.33. The van der Waals surface area contributed by atoms with Gasteiger partial charge in [-0.25, -0.2) is 18.4 Å². The lowest BCUT2D eigenvalue weighted by atomic mass is 10.1. The Kier molecular flexibility index (Phi) is 6.64. The number of carbonyl (C=O) groups excluding carboxylic acids is 2. The molecule has 0 radical (unpaired) electrons. The van der Waals surface area contributed by atoms with Crippen LogP contribution in [0.5, 0.6) is 0 Å². The van der Waals surface area contributed by atoms with E-state index in [9.17, 15) is 18.4 Å². The third kappa shape index (κ3) is 5.43. The molecule has 2 N–H and O–H groups in total. The van der Waals surface area contributed by atoms with Crippen LogP contribution in [0.4, 0.5) is 19.3 Å². The number of nitrogens with zero attached hydrogens (tertiary/aromatic N) is 1. The molecule has 0 aromatic heterocycles. The average molecular weight is 403 g/mol. The summed E-state index contributed by atoms with van der Waals surface area (Å²) in [5.74, 6) is -1.60. The van der Waals surface area contributed by atoms with Gasteiger partial charge in [0.15, 0.2) is 0 Å². The van der Waals surface area contributed by atoms with Crippen LogP contribution in [0, 0.1) is 11.6 Å². The standard InChI is InChI=1S/C21H23F2N3O3/c1-29-20(27)15-4-2-14(3-5-15)8-10-24-21(28)25-17-9-11-26(13-17)19-7-6-16(22)12-18(19)23/h2-7,12,17H,8-11,13H2,1H3,(H2,24,25,28). The number of carbonyl (C=O) groups is 2. The van der Waals surface area contributed by atoms with E-state index in [0.29, 0.717) is 43.7 Å². The molecule has 8 heteroatoms. The molecular formula is C21H23F2N3O3. The lowest BCUT2D eigenvalue weighted by Crippen LogP contribution is -2.44. The molecule has 0 saturated carbocycles. The number of halogens is 2. The third-order valence-electron chi connectivity index (χ3n) is 4.85. The number of rotatable bonds is 6. The van der Waals surface area contributed by atoms with Gasteiger partial charge in [0, 0.05) is 31.7 Å². The molecule has 154 valence electrons. The average Bonchev–Trinajstić information content (AvgIpc) is 3.16. The van der Waals surface area contributed by atoms with Crippen LogP contribution in [0.15, 0.2) is 42.5 Å². The summed E-state index contributed by atoms with van der Waals surface area (Å²) in [6.07, 6.45) is 1.30. The van der Waals surface area contributed by atoms with E-state index in [2.05, 4.69) is 15.4 Å². The summed E-state index contributed by atoms with van der Waals surface area (Å²) in [5, 5.41) is 5.67. The van der Waals surface area contributed by atoms with Crippen molar-refractivity contribution in [3.8, 4) is 0 Å². The summed E-state index contributed by atoms with van der Waals surface area (Å²) in [6, 6.07) is 10.1. The quantitative estimate of drug-likeness (QED) is 0.728. The van der Waals surface area contributed by atoms with E-state index in [0.717, 1.165) is 11.6 Å². The number of hydrogen-bond acceptors (Lipinski definition) is 4. The third-order valence-corrected chi connectivity index (χ3v) is 4.85. The minimum Gasteiger partial charge on any atom is -0.465 e. The highest BCUT2D eigenvalue weighted by Gasteiger charge is 2.25. The Balaban J connectivity index is 1.41. The molecule has 0 bridgehead atoms. The van der Waals surface area contributed by atoms with E-state index in [4.69, 9.17) is 0 Å². The van der Waals surface area contributed by atoms with E-state index in [-0.39, 0.29) is 18.0 Å². The highest BCUT2D eigenvalue weighted by Crippen LogP contribution is 2.24. The van der Waals surface area contributed by atoms with Gasteiger partial charge in [-0.15, -0.1) is 0 Å². The zero-order valence-electron chi connectivity index (χ0n) is 16.1. The Morgan fingerprint density at radius 3 is 2.62 bits per heavy atom. The maximum Gasteiger partial charge on any atom is 0.337 e. The summed E-state index contributed by atoms with van der Waals surface area (Å²) in [4.78, 5) is 25.3. The lowest BCUT2D eigenvalue weighted by molar-refractivity contribution is 0.0600. The molecular weight excluding hydrogens is 380 g/mol. The molecule has 1 unspecified atom stereocenters. The van der Waals surface area contributed by atoms with Gasteiger partial charge in [-0.3, -0.25) is 0 Å². The van der Waals surface area contributed by atoms with E-state index < -0.39 is 11.6 Å². The molecule has 1 fully saturated rings. The van der Waals surface area contributed by atoms with Gasteiger partial charge in [-0.05, 0) is 42.7 Å². The number of esters is 1. The summed E-state index contributed by atoms with van der Waals surface area (Å²) in [5.41, 5.74) is 1.80. The van der Waals surface area contributed by atoms with Crippen molar-refractivity contribution >= 4 is 17.7 Å². The first kappa shape index (κ1) is 20.6. The van der Waals surface area contributed by atoms with Crippen LogP contribution in [0.2, 0.25) is 0 Å². The first-order chi connectivity index (χ1) is 14.0. The van der Waals surface area contributed by atoms with Crippen LogP contribution in [0.1, 0.15) is 22.3 Å². The second kappa shape index (κ2) is 9.36. The van der Waals surface area contributed by atoms with Gasteiger partial charge in [-0.2, -0.15) is 0 Å². The van der Waals surface area contributed by atoms with E-state index >= 15 is 0 Å². The van der Waals surface area contributed by atoms with Crippen molar-refractivity contribution in [3.05, 3.63) is 65.2 Å². The van der Waals surface area contributed by atoms with Crippen LogP contribution in [-0.4, -0.2) is 44.8 Å². The van der Waals surface area contributed by atoms with Crippen molar-refractivity contribution in [3.63, 3.8) is 0 Å². The molecule has 1 aliphatic heterocycles. The van der Waals surface area contributed by atoms with Gasteiger partial charge >= 0.3 is 12.0 Å².